The topological polar surface area (TPSA) is 34.9 Å². The summed E-state index contributed by atoms with van der Waals surface area (Å²) < 4.78 is 39.5. The molecule has 20 heavy (non-hydrogen) atoms. The van der Waals surface area contributed by atoms with E-state index in [0.717, 1.165) is 25.7 Å². The SMILES string of the molecule is Cc1nn(C2CCC(C)CC2)c(C)c1C(=O)C(F)(F)F. The van der Waals surface area contributed by atoms with Gasteiger partial charge in [-0.05, 0) is 45.4 Å². The third-order valence-electron chi connectivity index (χ3n) is 4.14. The number of aryl methyl sites for hydroxylation is 1. The third kappa shape index (κ3) is 2.74. The highest BCUT2D eigenvalue weighted by molar-refractivity contribution is 6.02. The fraction of sp³-hybridized carbons (Fsp3) is 0.714. The summed E-state index contributed by atoms with van der Waals surface area (Å²) in [6.07, 6.45) is -0.937. The van der Waals surface area contributed by atoms with Crippen LogP contribution >= 0.6 is 0 Å². The van der Waals surface area contributed by atoms with Crippen molar-refractivity contribution in [3.63, 3.8) is 0 Å². The van der Waals surface area contributed by atoms with Crippen molar-refractivity contribution in [1.29, 1.82) is 0 Å². The number of hydrogen-bond donors (Lipinski definition) is 0. The number of aromatic nitrogens is 2. The Bertz CT molecular complexity index is 511. The number of hydrogen-bond acceptors (Lipinski definition) is 2. The van der Waals surface area contributed by atoms with E-state index in [9.17, 15) is 18.0 Å². The summed E-state index contributed by atoms with van der Waals surface area (Å²) in [6.45, 7) is 5.20. The predicted molar refractivity (Wildman–Crippen MR) is 68.8 cm³/mol. The zero-order valence-corrected chi connectivity index (χ0v) is 11.9. The Morgan fingerprint density at radius 1 is 1.20 bits per heavy atom. The minimum Gasteiger partial charge on any atom is -0.284 e. The minimum absolute atomic E-state index is 0.111. The molecule has 112 valence electrons. The second-order valence-electron chi connectivity index (χ2n) is 5.73. The molecule has 3 nitrogen and oxygen atoms in total. The number of rotatable bonds is 2. The van der Waals surface area contributed by atoms with Gasteiger partial charge in [0.2, 0.25) is 0 Å². The highest BCUT2D eigenvalue weighted by Gasteiger charge is 2.42. The van der Waals surface area contributed by atoms with Crippen LogP contribution in [0.3, 0.4) is 0 Å². The molecule has 0 saturated heterocycles. The Morgan fingerprint density at radius 3 is 2.25 bits per heavy atom. The number of carbonyl (C=O) groups is 1. The number of nitrogens with zero attached hydrogens (tertiary/aromatic N) is 2. The van der Waals surface area contributed by atoms with Crippen molar-refractivity contribution < 1.29 is 18.0 Å². The molecule has 2 rings (SSSR count). The molecule has 0 bridgehead atoms. The van der Waals surface area contributed by atoms with E-state index in [4.69, 9.17) is 0 Å². The second-order valence-corrected chi connectivity index (χ2v) is 5.73. The summed E-state index contributed by atoms with van der Waals surface area (Å²) in [7, 11) is 0. The fourth-order valence-electron chi connectivity index (χ4n) is 2.98. The van der Waals surface area contributed by atoms with E-state index in [2.05, 4.69) is 12.0 Å². The molecule has 0 aromatic carbocycles. The van der Waals surface area contributed by atoms with E-state index in [1.54, 1.807) is 11.6 Å². The first-order valence-electron chi connectivity index (χ1n) is 6.89. The lowest BCUT2D eigenvalue weighted by Crippen LogP contribution is -2.24. The van der Waals surface area contributed by atoms with Crippen LogP contribution in [0.2, 0.25) is 0 Å². The second kappa shape index (κ2) is 5.22. The van der Waals surface area contributed by atoms with Gasteiger partial charge in [-0.2, -0.15) is 18.3 Å². The van der Waals surface area contributed by atoms with Gasteiger partial charge in [-0.15, -0.1) is 0 Å². The molecule has 0 unspecified atom stereocenters. The summed E-state index contributed by atoms with van der Waals surface area (Å²) >= 11 is 0. The van der Waals surface area contributed by atoms with Gasteiger partial charge in [-0.3, -0.25) is 9.48 Å². The number of halogens is 3. The molecule has 1 aromatic rings. The van der Waals surface area contributed by atoms with Gasteiger partial charge >= 0.3 is 6.18 Å². The van der Waals surface area contributed by atoms with Crippen molar-refractivity contribution in [2.45, 2.75) is 58.7 Å². The molecule has 0 N–H and O–H groups in total. The largest absolute Gasteiger partial charge is 0.455 e. The van der Waals surface area contributed by atoms with Crippen LogP contribution < -0.4 is 0 Å². The van der Waals surface area contributed by atoms with Crippen LogP contribution in [-0.4, -0.2) is 21.7 Å². The summed E-state index contributed by atoms with van der Waals surface area (Å²) in [6, 6.07) is 0.111. The molecule has 1 aliphatic carbocycles. The molecule has 0 amide bonds. The summed E-state index contributed by atoms with van der Waals surface area (Å²) in [4.78, 5) is 11.5. The molecular formula is C14H19F3N2O. The Morgan fingerprint density at radius 2 is 1.75 bits per heavy atom. The first-order valence-corrected chi connectivity index (χ1v) is 6.89. The summed E-state index contributed by atoms with van der Waals surface area (Å²) in [5, 5.41) is 4.19. The van der Waals surface area contributed by atoms with Crippen LogP contribution in [0.15, 0.2) is 0 Å². The zero-order chi connectivity index (χ0) is 15.1. The molecule has 1 heterocycles. The summed E-state index contributed by atoms with van der Waals surface area (Å²) in [5.74, 6) is -1.14. The van der Waals surface area contributed by atoms with Crippen LogP contribution in [0.4, 0.5) is 13.2 Å². The summed E-state index contributed by atoms with van der Waals surface area (Å²) in [5.41, 5.74) is 0.226. The van der Waals surface area contributed by atoms with Gasteiger partial charge in [0.1, 0.15) is 0 Å². The number of ketones is 1. The Hall–Kier alpha value is -1.33. The molecule has 6 heteroatoms. The zero-order valence-electron chi connectivity index (χ0n) is 11.9. The predicted octanol–water partition coefficient (Wildman–Crippen LogP) is 4.00. The van der Waals surface area contributed by atoms with E-state index in [0.29, 0.717) is 11.6 Å². The average molecular weight is 288 g/mol. The first-order chi connectivity index (χ1) is 9.21. The van der Waals surface area contributed by atoms with Crippen LogP contribution in [0, 0.1) is 19.8 Å². The van der Waals surface area contributed by atoms with Gasteiger partial charge in [0.25, 0.3) is 5.78 Å². The lowest BCUT2D eigenvalue weighted by Gasteiger charge is -2.27. The minimum atomic E-state index is -4.84. The van der Waals surface area contributed by atoms with Crippen molar-refractivity contribution >= 4 is 5.78 Å². The highest BCUT2D eigenvalue weighted by Crippen LogP contribution is 2.34. The normalized spacial score (nSPS) is 23.9. The van der Waals surface area contributed by atoms with Gasteiger partial charge in [0.15, 0.2) is 0 Å². The van der Waals surface area contributed by atoms with Crippen molar-refractivity contribution in [3.05, 3.63) is 17.0 Å². The molecule has 0 radical (unpaired) electrons. The maximum atomic E-state index is 12.6. The van der Waals surface area contributed by atoms with Gasteiger partial charge in [0.05, 0.1) is 17.3 Å². The monoisotopic (exact) mass is 288 g/mol. The van der Waals surface area contributed by atoms with Crippen LogP contribution in [0.5, 0.6) is 0 Å². The first kappa shape index (κ1) is 15.1. The van der Waals surface area contributed by atoms with Gasteiger partial charge < -0.3 is 0 Å². The van der Waals surface area contributed by atoms with Crippen molar-refractivity contribution in [2.75, 3.05) is 0 Å². The maximum Gasteiger partial charge on any atom is 0.455 e. The molecule has 0 aliphatic heterocycles. The molecule has 1 aliphatic rings. The third-order valence-corrected chi connectivity index (χ3v) is 4.14. The Balaban J connectivity index is 2.32. The van der Waals surface area contributed by atoms with Crippen molar-refractivity contribution in [1.82, 2.24) is 9.78 Å². The van der Waals surface area contributed by atoms with Gasteiger partial charge in [-0.1, -0.05) is 6.92 Å². The van der Waals surface area contributed by atoms with E-state index in [1.165, 1.54) is 6.92 Å². The van der Waals surface area contributed by atoms with E-state index < -0.39 is 12.0 Å². The van der Waals surface area contributed by atoms with Crippen molar-refractivity contribution in [3.8, 4) is 0 Å². The van der Waals surface area contributed by atoms with Crippen molar-refractivity contribution in [2.24, 2.45) is 5.92 Å². The van der Waals surface area contributed by atoms with Gasteiger partial charge in [0, 0.05) is 5.69 Å². The number of carbonyl (C=O) groups excluding carboxylic acids is 1. The van der Waals surface area contributed by atoms with Crippen LogP contribution in [-0.2, 0) is 0 Å². The smallest absolute Gasteiger partial charge is 0.284 e. The quantitative estimate of drug-likeness (QED) is 0.771. The Labute approximate surface area is 116 Å². The maximum absolute atomic E-state index is 12.6. The number of alkyl halides is 3. The standard InChI is InChI=1S/C14H19F3N2O/c1-8-4-6-11(7-5-8)19-10(3)12(9(2)18-19)13(20)14(15,16)17/h8,11H,4-7H2,1-3H3. The molecule has 0 spiro atoms. The van der Waals surface area contributed by atoms with Crippen LogP contribution in [0.1, 0.15) is 60.4 Å². The van der Waals surface area contributed by atoms with E-state index in [1.807, 2.05) is 0 Å². The number of Topliss-reactive ketones (excluding diaryl/α,β-unsaturated/α-hetero) is 1. The lowest BCUT2D eigenvalue weighted by molar-refractivity contribution is -0.0886. The Kier molecular flexibility index (Phi) is 3.93. The highest BCUT2D eigenvalue weighted by atomic mass is 19.4. The van der Waals surface area contributed by atoms with E-state index in [-0.39, 0.29) is 17.3 Å². The molecule has 0 atom stereocenters. The molecule has 1 aromatic heterocycles. The average Bonchev–Trinajstić information content (AvgIpc) is 2.64. The fourth-order valence-corrected chi connectivity index (χ4v) is 2.98. The van der Waals surface area contributed by atoms with Crippen LogP contribution in [0.25, 0.3) is 0 Å². The molecular weight excluding hydrogens is 269 g/mol. The molecule has 1 fully saturated rings. The van der Waals surface area contributed by atoms with Gasteiger partial charge in [-0.25, -0.2) is 0 Å². The molecule has 1 saturated carbocycles. The lowest BCUT2D eigenvalue weighted by atomic mass is 9.87. The van der Waals surface area contributed by atoms with E-state index >= 15 is 0 Å².